The monoisotopic (exact) mass is 635 g/mol. The summed E-state index contributed by atoms with van der Waals surface area (Å²) in [6.45, 7) is 0. The van der Waals surface area contributed by atoms with E-state index in [1.807, 2.05) is 24.5 Å². The van der Waals surface area contributed by atoms with Crippen LogP contribution in [0.2, 0.25) is 0 Å². The number of nitrogens with zero attached hydrogens (tertiary/aromatic N) is 3. The summed E-state index contributed by atoms with van der Waals surface area (Å²) >= 11 is 0. The highest BCUT2D eigenvalue weighted by atomic mass is 14.9. The fraction of sp³-hybridized carbons (Fsp3) is 0. The third kappa shape index (κ3) is 4.71. The summed E-state index contributed by atoms with van der Waals surface area (Å²) in [5.41, 5.74) is 9.56. The van der Waals surface area contributed by atoms with E-state index in [9.17, 15) is 0 Å². The van der Waals surface area contributed by atoms with Crippen LogP contribution in [0.1, 0.15) is 0 Å². The summed E-state index contributed by atoms with van der Waals surface area (Å²) < 4.78 is 0. The van der Waals surface area contributed by atoms with E-state index in [4.69, 9.17) is 9.97 Å². The lowest BCUT2D eigenvalue weighted by Gasteiger charge is -2.15. The van der Waals surface area contributed by atoms with Crippen molar-refractivity contribution in [3.63, 3.8) is 0 Å². The Kier molecular flexibility index (Phi) is 6.49. The molecule has 2 heterocycles. The third-order valence-electron chi connectivity index (χ3n) is 9.97. The van der Waals surface area contributed by atoms with Gasteiger partial charge in [-0.15, -0.1) is 0 Å². The predicted molar refractivity (Wildman–Crippen MR) is 208 cm³/mol. The second-order valence-corrected chi connectivity index (χ2v) is 12.8. The first-order valence-corrected chi connectivity index (χ1v) is 16.9. The zero-order valence-electron chi connectivity index (χ0n) is 27.1. The van der Waals surface area contributed by atoms with Gasteiger partial charge in [-0.05, 0) is 83.5 Å². The van der Waals surface area contributed by atoms with E-state index in [-0.39, 0.29) is 0 Å². The molecule has 0 aliphatic carbocycles. The summed E-state index contributed by atoms with van der Waals surface area (Å²) in [6, 6.07) is 58.4. The van der Waals surface area contributed by atoms with Gasteiger partial charge in [-0.1, -0.05) is 146 Å². The van der Waals surface area contributed by atoms with Crippen LogP contribution in [0, 0.1) is 0 Å². The average molecular weight is 636 g/mol. The number of aromatic nitrogens is 3. The molecule has 10 aromatic rings. The van der Waals surface area contributed by atoms with Crippen molar-refractivity contribution in [2.45, 2.75) is 0 Å². The highest BCUT2D eigenvalue weighted by Gasteiger charge is 2.16. The van der Waals surface area contributed by atoms with Crippen molar-refractivity contribution < 1.29 is 0 Å². The van der Waals surface area contributed by atoms with Gasteiger partial charge >= 0.3 is 0 Å². The van der Waals surface area contributed by atoms with Gasteiger partial charge in [0.1, 0.15) is 0 Å². The molecule has 0 spiro atoms. The van der Waals surface area contributed by atoms with Crippen molar-refractivity contribution >= 4 is 43.1 Å². The van der Waals surface area contributed by atoms with Crippen LogP contribution in [0.5, 0.6) is 0 Å². The summed E-state index contributed by atoms with van der Waals surface area (Å²) in [4.78, 5) is 14.7. The minimum Gasteiger partial charge on any atom is -0.265 e. The average Bonchev–Trinajstić information content (AvgIpc) is 3.20. The quantitative estimate of drug-likeness (QED) is 0.177. The Morgan fingerprint density at radius 2 is 0.900 bits per heavy atom. The second-order valence-electron chi connectivity index (χ2n) is 12.8. The van der Waals surface area contributed by atoms with E-state index >= 15 is 0 Å². The summed E-state index contributed by atoms with van der Waals surface area (Å²) in [5, 5.41) is 9.99. The molecule has 0 aliphatic heterocycles. The van der Waals surface area contributed by atoms with Gasteiger partial charge in [0.15, 0.2) is 5.82 Å². The van der Waals surface area contributed by atoms with Crippen LogP contribution in [-0.4, -0.2) is 15.0 Å². The van der Waals surface area contributed by atoms with Crippen LogP contribution in [0.25, 0.3) is 99.2 Å². The maximum absolute atomic E-state index is 5.28. The molecule has 0 saturated heterocycles. The lowest BCUT2D eigenvalue weighted by atomic mass is 9.91. The molecule has 2 aromatic heterocycles. The number of rotatable bonds is 5. The maximum Gasteiger partial charge on any atom is 0.160 e. The van der Waals surface area contributed by atoms with Crippen molar-refractivity contribution in [3.8, 4) is 56.2 Å². The normalized spacial score (nSPS) is 11.6. The van der Waals surface area contributed by atoms with Crippen molar-refractivity contribution in [3.05, 3.63) is 176 Å². The molecular formula is C47H29N3. The molecule has 3 heteroatoms. The van der Waals surface area contributed by atoms with Gasteiger partial charge in [-0.2, -0.15) is 0 Å². The van der Waals surface area contributed by atoms with Crippen molar-refractivity contribution in [2.24, 2.45) is 0 Å². The third-order valence-corrected chi connectivity index (χ3v) is 9.97. The molecule has 0 fully saturated rings. The van der Waals surface area contributed by atoms with Crippen molar-refractivity contribution in [1.29, 1.82) is 0 Å². The fourth-order valence-corrected chi connectivity index (χ4v) is 7.47. The van der Waals surface area contributed by atoms with Gasteiger partial charge in [-0.25, -0.2) is 9.97 Å². The van der Waals surface area contributed by atoms with E-state index in [1.165, 1.54) is 54.2 Å². The first-order valence-electron chi connectivity index (χ1n) is 16.9. The van der Waals surface area contributed by atoms with E-state index in [0.29, 0.717) is 5.82 Å². The first-order chi connectivity index (χ1) is 24.8. The molecule has 10 rings (SSSR count). The van der Waals surface area contributed by atoms with E-state index in [0.717, 1.165) is 39.2 Å². The fourth-order valence-electron chi connectivity index (χ4n) is 7.47. The molecule has 0 amide bonds. The van der Waals surface area contributed by atoms with Gasteiger partial charge < -0.3 is 0 Å². The number of benzene rings is 8. The van der Waals surface area contributed by atoms with E-state index in [2.05, 4.69) is 157 Å². The molecule has 50 heavy (non-hydrogen) atoms. The number of hydrogen-bond acceptors (Lipinski definition) is 3. The topological polar surface area (TPSA) is 38.7 Å². The lowest BCUT2D eigenvalue weighted by molar-refractivity contribution is 1.19. The Balaban J connectivity index is 1.14. The van der Waals surface area contributed by atoms with Crippen LogP contribution < -0.4 is 0 Å². The van der Waals surface area contributed by atoms with Crippen LogP contribution in [0.15, 0.2) is 176 Å². The Hall–Kier alpha value is -6.71. The Morgan fingerprint density at radius 3 is 1.72 bits per heavy atom. The number of pyridine rings is 1. The molecule has 3 nitrogen and oxygen atoms in total. The summed E-state index contributed by atoms with van der Waals surface area (Å²) in [6.07, 6.45) is 3.66. The van der Waals surface area contributed by atoms with Crippen LogP contribution in [0.4, 0.5) is 0 Å². The highest BCUT2D eigenvalue weighted by molar-refractivity contribution is 6.25. The minimum atomic E-state index is 0.700. The van der Waals surface area contributed by atoms with Gasteiger partial charge in [0.05, 0.1) is 11.4 Å². The lowest BCUT2D eigenvalue weighted by Crippen LogP contribution is -1.97. The highest BCUT2D eigenvalue weighted by Crippen LogP contribution is 2.40. The molecule has 8 aromatic carbocycles. The predicted octanol–water partition coefficient (Wildman–Crippen LogP) is 12.3. The summed E-state index contributed by atoms with van der Waals surface area (Å²) in [7, 11) is 0. The number of hydrogen-bond donors (Lipinski definition) is 0. The van der Waals surface area contributed by atoms with Crippen LogP contribution >= 0.6 is 0 Å². The van der Waals surface area contributed by atoms with Gasteiger partial charge in [0.25, 0.3) is 0 Å². The van der Waals surface area contributed by atoms with Gasteiger partial charge in [0.2, 0.25) is 0 Å². The minimum absolute atomic E-state index is 0.700. The van der Waals surface area contributed by atoms with Crippen molar-refractivity contribution in [2.75, 3.05) is 0 Å². The summed E-state index contributed by atoms with van der Waals surface area (Å²) in [5.74, 6) is 0.700. The second kappa shape index (κ2) is 11.5. The molecule has 0 aliphatic rings. The smallest absolute Gasteiger partial charge is 0.160 e. The molecular weight excluding hydrogens is 607 g/mol. The molecule has 0 radical (unpaired) electrons. The van der Waals surface area contributed by atoms with Crippen LogP contribution in [0.3, 0.4) is 0 Å². The molecule has 0 saturated carbocycles. The Bertz CT molecular complexity index is 2820. The van der Waals surface area contributed by atoms with E-state index in [1.54, 1.807) is 0 Å². The molecule has 232 valence electrons. The molecule has 0 unspecified atom stereocenters. The largest absolute Gasteiger partial charge is 0.265 e. The molecule has 0 N–H and O–H groups in total. The molecule has 0 atom stereocenters. The standard InChI is InChI=1S/C47H29N3/c1-2-9-39-32(5-1)6-4-10-40(39)33-13-19-38(20-14-33)47-49-43(34-15-11-30(12-16-34)31-25-27-48-28-26-31)29-44(50-47)41-23-21-37-18-17-35-7-3-8-36-22-24-42(41)46(37)45(35)36/h1-29H. The van der Waals surface area contributed by atoms with Gasteiger partial charge in [-0.3, -0.25) is 4.98 Å². The Morgan fingerprint density at radius 1 is 0.320 bits per heavy atom. The van der Waals surface area contributed by atoms with Crippen LogP contribution in [-0.2, 0) is 0 Å². The zero-order chi connectivity index (χ0) is 33.0. The van der Waals surface area contributed by atoms with Gasteiger partial charge in [0, 0.05) is 29.1 Å². The first kappa shape index (κ1) is 28.3. The van der Waals surface area contributed by atoms with E-state index < -0.39 is 0 Å². The zero-order valence-corrected chi connectivity index (χ0v) is 27.1. The maximum atomic E-state index is 5.28. The number of fused-ring (bicyclic) bond motifs is 1. The van der Waals surface area contributed by atoms with Crippen molar-refractivity contribution in [1.82, 2.24) is 15.0 Å². The molecule has 0 bridgehead atoms. The Labute approximate surface area is 289 Å². The SMILES string of the molecule is c1ccc2c(-c3ccc(-c4nc(-c5ccc(-c6ccncc6)cc5)cc(-c5ccc6ccc7cccc8ccc5c6c78)n4)cc3)cccc2c1.